The smallest absolute Gasteiger partial charge is 0.148 e. The van der Waals surface area contributed by atoms with Crippen LogP contribution < -0.4 is 4.74 Å². The van der Waals surface area contributed by atoms with Crippen molar-refractivity contribution in [2.45, 2.75) is 0 Å². The molecule has 0 bridgehead atoms. The zero-order valence-electron chi connectivity index (χ0n) is 6.18. The van der Waals surface area contributed by atoms with Crippen LogP contribution in [0.4, 0.5) is 0 Å². The van der Waals surface area contributed by atoms with Gasteiger partial charge in [-0.05, 0) is 40.8 Å². The molecule has 0 spiro atoms. The molecule has 0 aliphatic carbocycles. The minimum Gasteiger partial charge on any atom is -0.481 e. The average molecular weight is 293 g/mol. The number of terminal acetylenes is 1. The van der Waals surface area contributed by atoms with Crippen LogP contribution in [0, 0.1) is 15.9 Å². The van der Waals surface area contributed by atoms with E-state index in [1.165, 1.54) is 0 Å². The van der Waals surface area contributed by atoms with Crippen molar-refractivity contribution in [2.24, 2.45) is 0 Å². The fourth-order valence-corrected chi connectivity index (χ4v) is 1.30. The zero-order chi connectivity index (χ0) is 8.97. The first-order chi connectivity index (χ1) is 5.74. The Morgan fingerprint density at radius 2 is 2.33 bits per heavy atom. The monoisotopic (exact) mass is 292 g/mol. The number of hydrogen-bond acceptors (Lipinski definition) is 1. The molecule has 0 saturated carbocycles. The van der Waals surface area contributed by atoms with Crippen molar-refractivity contribution >= 4 is 34.2 Å². The highest BCUT2D eigenvalue weighted by atomic mass is 127. The van der Waals surface area contributed by atoms with Crippen LogP contribution in [0.25, 0.3) is 0 Å². The lowest BCUT2D eigenvalue weighted by Gasteiger charge is -2.02. The van der Waals surface area contributed by atoms with Gasteiger partial charge < -0.3 is 4.74 Å². The van der Waals surface area contributed by atoms with E-state index in [4.69, 9.17) is 22.8 Å². The first-order valence-corrected chi connectivity index (χ1v) is 4.71. The van der Waals surface area contributed by atoms with Gasteiger partial charge in [-0.15, -0.1) is 6.42 Å². The van der Waals surface area contributed by atoms with Crippen molar-refractivity contribution in [1.82, 2.24) is 0 Å². The Hall–Kier alpha value is -0.400. The van der Waals surface area contributed by atoms with Crippen LogP contribution in [0.2, 0.25) is 5.02 Å². The van der Waals surface area contributed by atoms with Crippen molar-refractivity contribution in [3.8, 4) is 18.1 Å². The lowest BCUT2D eigenvalue weighted by atomic mass is 10.3. The van der Waals surface area contributed by atoms with Gasteiger partial charge in [-0.3, -0.25) is 0 Å². The second-order valence-corrected chi connectivity index (χ2v) is 3.64. The molecule has 62 valence electrons. The van der Waals surface area contributed by atoms with Gasteiger partial charge in [-0.2, -0.15) is 0 Å². The number of hydrogen-bond donors (Lipinski definition) is 0. The van der Waals surface area contributed by atoms with E-state index >= 15 is 0 Å². The minimum absolute atomic E-state index is 0.289. The van der Waals surface area contributed by atoms with E-state index in [1.807, 2.05) is 6.07 Å². The molecule has 0 N–H and O–H groups in total. The quantitative estimate of drug-likeness (QED) is 0.601. The van der Waals surface area contributed by atoms with Gasteiger partial charge in [0.2, 0.25) is 0 Å². The second kappa shape index (κ2) is 4.58. The third kappa shape index (κ3) is 2.58. The first-order valence-electron chi connectivity index (χ1n) is 3.25. The molecule has 12 heavy (non-hydrogen) atoms. The maximum Gasteiger partial charge on any atom is 0.148 e. The van der Waals surface area contributed by atoms with Crippen LogP contribution >= 0.6 is 34.2 Å². The second-order valence-electron chi connectivity index (χ2n) is 2.07. The van der Waals surface area contributed by atoms with Gasteiger partial charge >= 0.3 is 0 Å². The van der Waals surface area contributed by atoms with Crippen LogP contribution in [0.5, 0.6) is 5.75 Å². The van der Waals surface area contributed by atoms with E-state index in [1.54, 1.807) is 12.1 Å². The largest absolute Gasteiger partial charge is 0.481 e. The fourth-order valence-electron chi connectivity index (χ4n) is 0.692. The number of halogens is 2. The van der Waals surface area contributed by atoms with Gasteiger partial charge in [-0.25, -0.2) is 0 Å². The highest BCUT2D eigenvalue weighted by Crippen LogP contribution is 2.23. The Kier molecular flexibility index (Phi) is 3.70. The van der Waals surface area contributed by atoms with E-state index in [-0.39, 0.29) is 6.61 Å². The molecule has 0 aliphatic heterocycles. The van der Waals surface area contributed by atoms with Gasteiger partial charge in [0.25, 0.3) is 0 Å². The Bertz CT molecular complexity index is 317. The summed E-state index contributed by atoms with van der Waals surface area (Å²) in [4.78, 5) is 0. The van der Waals surface area contributed by atoms with Crippen LogP contribution in [0.15, 0.2) is 18.2 Å². The number of ether oxygens (including phenoxy) is 1. The normalized spacial score (nSPS) is 9.08. The maximum absolute atomic E-state index is 5.81. The summed E-state index contributed by atoms with van der Waals surface area (Å²) in [5.41, 5.74) is 0. The Morgan fingerprint density at radius 3 is 2.92 bits per heavy atom. The molecule has 1 rings (SSSR count). The molecule has 0 aliphatic rings. The summed E-state index contributed by atoms with van der Waals surface area (Å²) in [7, 11) is 0. The number of rotatable bonds is 2. The molecular weight excluding hydrogens is 286 g/mol. The lowest BCUT2D eigenvalue weighted by molar-refractivity contribution is 0.370. The van der Waals surface area contributed by atoms with Crippen molar-refractivity contribution in [3.63, 3.8) is 0 Å². The summed E-state index contributed by atoms with van der Waals surface area (Å²) in [6, 6.07) is 5.43. The van der Waals surface area contributed by atoms with Gasteiger partial charge in [-0.1, -0.05) is 17.5 Å². The van der Waals surface area contributed by atoms with E-state index < -0.39 is 0 Å². The number of benzene rings is 1. The van der Waals surface area contributed by atoms with Crippen molar-refractivity contribution in [3.05, 3.63) is 26.8 Å². The van der Waals surface area contributed by atoms with Gasteiger partial charge in [0.1, 0.15) is 12.4 Å². The highest BCUT2D eigenvalue weighted by Gasteiger charge is 1.98. The van der Waals surface area contributed by atoms with Crippen LogP contribution in [-0.2, 0) is 0 Å². The van der Waals surface area contributed by atoms with Crippen LogP contribution in [0.1, 0.15) is 0 Å². The van der Waals surface area contributed by atoms with E-state index in [0.29, 0.717) is 0 Å². The summed E-state index contributed by atoms with van der Waals surface area (Å²) < 4.78 is 6.15. The third-order valence-corrected chi connectivity index (χ3v) is 2.75. The summed E-state index contributed by atoms with van der Waals surface area (Å²) >= 11 is 7.95. The fraction of sp³-hybridized carbons (Fsp3) is 0.111. The van der Waals surface area contributed by atoms with E-state index in [9.17, 15) is 0 Å². The molecule has 1 aromatic carbocycles. The third-order valence-electron chi connectivity index (χ3n) is 1.21. The summed E-state index contributed by atoms with van der Waals surface area (Å²) in [6.45, 7) is 0.289. The van der Waals surface area contributed by atoms with E-state index in [2.05, 4.69) is 28.5 Å². The molecule has 0 saturated heterocycles. The van der Waals surface area contributed by atoms with Crippen molar-refractivity contribution in [1.29, 1.82) is 0 Å². The Balaban J connectivity index is 2.77. The van der Waals surface area contributed by atoms with Crippen LogP contribution in [0.3, 0.4) is 0 Å². The molecule has 3 heteroatoms. The Labute approximate surface area is 90.2 Å². The summed E-state index contributed by atoms with van der Waals surface area (Å²) in [5, 5.41) is 0.726. The molecule has 0 aromatic heterocycles. The zero-order valence-corrected chi connectivity index (χ0v) is 9.09. The molecule has 0 heterocycles. The molecule has 0 atom stereocenters. The molecule has 0 unspecified atom stereocenters. The minimum atomic E-state index is 0.289. The van der Waals surface area contributed by atoms with E-state index in [0.717, 1.165) is 14.3 Å². The first kappa shape index (κ1) is 9.69. The predicted molar refractivity (Wildman–Crippen MR) is 58.5 cm³/mol. The molecular formula is C9H6ClIO. The van der Waals surface area contributed by atoms with Crippen LogP contribution in [-0.4, -0.2) is 6.61 Å². The predicted octanol–water partition coefficient (Wildman–Crippen LogP) is 2.96. The van der Waals surface area contributed by atoms with Gasteiger partial charge in [0, 0.05) is 3.57 Å². The lowest BCUT2D eigenvalue weighted by Crippen LogP contribution is -1.93. The highest BCUT2D eigenvalue weighted by molar-refractivity contribution is 14.1. The van der Waals surface area contributed by atoms with Gasteiger partial charge in [0.15, 0.2) is 0 Å². The Morgan fingerprint density at radius 1 is 1.58 bits per heavy atom. The summed E-state index contributed by atoms with van der Waals surface area (Å²) in [6.07, 6.45) is 5.04. The molecule has 1 nitrogen and oxygen atoms in total. The topological polar surface area (TPSA) is 9.23 Å². The summed E-state index contributed by atoms with van der Waals surface area (Å²) in [5.74, 6) is 3.14. The molecule has 1 aromatic rings. The molecule has 0 fully saturated rings. The SMILES string of the molecule is C#CCOc1ccc(Cl)c(I)c1. The van der Waals surface area contributed by atoms with Crippen molar-refractivity contribution < 1.29 is 4.74 Å². The van der Waals surface area contributed by atoms with Gasteiger partial charge in [0.05, 0.1) is 5.02 Å². The molecule has 0 amide bonds. The van der Waals surface area contributed by atoms with Crippen molar-refractivity contribution in [2.75, 3.05) is 6.61 Å². The molecule has 0 radical (unpaired) electrons. The standard InChI is InChI=1S/C9H6ClIO/c1-2-5-12-7-3-4-8(10)9(11)6-7/h1,3-4,6H,5H2. The maximum atomic E-state index is 5.81. The average Bonchev–Trinajstić information content (AvgIpc) is 2.07.